The first-order valence-electron chi connectivity index (χ1n) is 4.57. The van der Waals surface area contributed by atoms with E-state index in [0.29, 0.717) is 0 Å². The average Bonchev–Trinajstić information content (AvgIpc) is 2.36. The van der Waals surface area contributed by atoms with Crippen LogP contribution >= 0.6 is 0 Å². The molecule has 0 aliphatic carbocycles. The zero-order valence-electron chi connectivity index (χ0n) is 9.26. The topological polar surface area (TPSA) is 0 Å². The number of hydrogen-bond donors (Lipinski definition) is 0. The first-order chi connectivity index (χ1) is 8.85. The van der Waals surface area contributed by atoms with Crippen LogP contribution < -0.4 is 0 Å². The lowest BCUT2D eigenvalue weighted by Crippen LogP contribution is -2.38. The number of alkyl halides is 12. The smallest absolute Gasteiger partial charge is 0.248 e. The Labute approximate surface area is 104 Å². The molecule has 0 nitrogen and oxygen atoms in total. The van der Waals surface area contributed by atoms with E-state index in [2.05, 4.69) is 0 Å². The molecule has 124 valence electrons. The maximum Gasteiger partial charge on any atom is 0.340 e. The van der Waals surface area contributed by atoms with E-state index < -0.39 is 50.4 Å². The van der Waals surface area contributed by atoms with Gasteiger partial charge in [-0.05, 0) is 0 Å². The third-order valence-corrected chi connectivity index (χ3v) is 1.69. The summed E-state index contributed by atoms with van der Waals surface area (Å²) in [6.07, 6.45) is -15.1. The molecule has 0 aliphatic heterocycles. The summed E-state index contributed by atoms with van der Waals surface area (Å²) >= 11 is 0. The first kappa shape index (κ1) is 21.5. The Bertz CT molecular complexity index is 226. The predicted molar refractivity (Wildman–Crippen MR) is 43.6 cm³/mol. The Kier molecular flexibility index (Phi) is 9.06. The third-order valence-electron chi connectivity index (χ3n) is 1.69. The second-order valence-electron chi connectivity index (χ2n) is 3.19. The molecule has 0 fully saturated rings. The van der Waals surface area contributed by atoms with E-state index in [0.717, 1.165) is 0 Å². The lowest BCUT2D eigenvalue weighted by Gasteiger charge is -2.16. The van der Waals surface area contributed by atoms with Gasteiger partial charge in [0.25, 0.3) is 0 Å². The number of halogens is 12. The quantitative estimate of drug-likeness (QED) is 0.633. The Hall–Kier alpha value is -0.840. The molecule has 0 heterocycles. The van der Waals surface area contributed by atoms with Crippen molar-refractivity contribution in [2.45, 2.75) is 37.0 Å². The molecule has 0 bridgehead atoms. The molecule has 2 unspecified atom stereocenters. The molecule has 0 aromatic carbocycles. The third kappa shape index (κ3) is 6.07. The predicted octanol–water partition coefficient (Wildman–Crippen LogP) is 4.39. The molecule has 0 aliphatic rings. The zero-order valence-corrected chi connectivity index (χ0v) is 9.26. The van der Waals surface area contributed by atoms with E-state index in [1.165, 1.54) is 0 Å². The molecule has 0 N–H and O–H groups in total. The molecule has 12 heteroatoms. The second-order valence-corrected chi connectivity index (χ2v) is 3.19. The molecule has 0 aromatic heterocycles. The molecular formula is C8H8F12. The molecule has 0 spiro atoms. The fourth-order valence-electron chi connectivity index (χ4n) is 0.479. The first-order valence-corrected chi connectivity index (χ1v) is 4.57. The van der Waals surface area contributed by atoms with Crippen molar-refractivity contribution < 1.29 is 52.7 Å². The summed E-state index contributed by atoms with van der Waals surface area (Å²) in [6, 6.07) is 0. The Morgan fingerprint density at radius 3 is 0.800 bits per heavy atom. The Morgan fingerprint density at radius 1 is 0.550 bits per heavy atom. The van der Waals surface area contributed by atoms with Crippen LogP contribution in [0.4, 0.5) is 52.7 Å². The summed E-state index contributed by atoms with van der Waals surface area (Å²) in [7, 11) is 0. The normalized spacial score (nSPS) is 15.9. The van der Waals surface area contributed by atoms with Gasteiger partial charge in [-0.25, -0.2) is 35.1 Å². The molecule has 0 aromatic rings. The minimum absolute atomic E-state index is 2.10. The van der Waals surface area contributed by atoms with Gasteiger partial charge in [-0.2, -0.15) is 17.6 Å². The molecule has 20 heavy (non-hydrogen) atoms. The van der Waals surface area contributed by atoms with Crippen LogP contribution in [0.25, 0.3) is 0 Å². The van der Waals surface area contributed by atoms with Crippen LogP contribution in [-0.4, -0.2) is 50.4 Å². The lowest BCUT2D eigenvalue weighted by atomic mass is 10.2. The Morgan fingerprint density at radius 2 is 0.750 bits per heavy atom. The number of hydrogen-bond acceptors (Lipinski definition) is 0. The van der Waals surface area contributed by atoms with Gasteiger partial charge < -0.3 is 0 Å². The SMILES string of the molecule is FCC(F)C(F)(F)C(F)F.FCC(F)C(F)(F)C(F)F. The molecule has 2 atom stereocenters. The largest absolute Gasteiger partial charge is 0.340 e. The van der Waals surface area contributed by atoms with Crippen molar-refractivity contribution in [3.63, 3.8) is 0 Å². The molecule has 0 amide bonds. The van der Waals surface area contributed by atoms with Gasteiger partial charge >= 0.3 is 24.7 Å². The fraction of sp³-hybridized carbons (Fsp3) is 1.00. The highest BCUT2D eigenvalue weighted by atomic mass is 19.3. The van der Waals surface area contributed by atoms with Gasteiger partial charge in [0.05, 0.1) is 0 Å². The monoisotopic (exact) mass is 332 g/mol. The maximum absolute atomic E-state index is 11.6. The average molecular weight is 332 g/mol. The van der Waals surface area contributed by atoms with E-state index in [1.54, 1.807) is 0 Å². The van der Waals surface area contributed by atoms with Gasteiger partial charge in [-0.1, -0.05) is 0 Å². The van der Waals surface area contributed by atoms with Gasteiger partial charge in [-0.15, -0.1) is 0 Å². The summed E-state index contributed by atoms with van der Waals surface area (Å²) < 4.78 is 136. The van der Waals surface area contributed by atoms with Crippen LogP contribution in [-0.2, 0) is 0 Å². The number of rotatable bonds is 6. The molecule has 0 saturated heterocycles. The molecule has 0 saturated carbocycles. The molecular weight excluding hydrogens is 324 g/mol. The van der Waals surface area contributed by atoms with Gasteiger partial charge in [0, 0.05) is 0 Å². The molecule has 0 radical (unpaired) electrons. The van der Waals surface area contributed by atoms with Gasteiger partial charge in [-0.3, -0.25) is 0 Å². The van der Waals surface area contributed by atoms with Gasteiger partial charge in [0.2, 0.25) is 0 Å². The van der Waals surface area contributed by atoms with Gasteiger partial charge in [0.1, 0.15) is 13.3 Å². The minimum atomic E-state index is -4.87. The van der Waals surface area contributed by atoms with Crippen LogP contribution in [0.15, 0.2) is 0 Å². The van der Waals surface area contributed by atoms with Crippen LogP contribution in [0.5, 0.6) is 0 Å². The van der Waals surface area contributed by atoms with E-state index in [1.807, 2.05) is 0 Å². The highest BCUT2D eigenvalue weighted by Crippen LogP contribution is 2.29. The highest BCUT2D eigenvalue weighted by Gasteiger charge is 2.50. The van der Waals surface area contributed by atoms with Crippen molar-refractivity contribution in [1.29, 1.82) is 0 Å². The van der Waals surface area contributed by atoms with Crippen molar-refractivity contribution >= 4 is 0 Å². The summed E-state index contributed by atoms with van der Waals surface area (Å²) in [4.78, 5) is 0. The summed E-state index contributed by atoms with van der Waals surface area (Å²) in [6.45, 7) is -4.20. The van der Waals surface area contributed by atoms with E-state index in [9.17, 15) is 52.7 Å². The fourth-order valence-corrected chi connectivity index (χ4v) is 0.479. The van der Waals surface area contributed by atoms with Crippen LogP contribution in [0.3, 0.4) is 0 Å². The van der Waals surface area contributed by atoms with Gasteiger partial charge in [0.15, 0.2) is 12.3 Å². The maximum atomic E-state index is 11.6. The van der Waals surface area contributed by atoms with Crippen molar-refractivity contribution in [1.82, 2.24) is 0 Å². The zero-order chi connectivity index (χ0) is 16.7. The minimum Gasteiger partial charge on any atom is -0.248 e. The summed E-state index contributed by atoms with van der Waals surface area (Å²) in [5.41, 5.74) is 0. The van der Waals surface area contributed by atoms with Crippen molar-refractivity contribution in [3.8, 4) is 0 Å². The van der Waals surface area contributed by atoms with Crippen LogP contribution in [0.2, 0.25) is 0 Å². The van der Waals surface area contributed by atoms with Crippen LogP contribution in [0, 0.1) is 0 Å². The second kappa shape index (κ2) is 8.45. The summed E-state index contributed by atoms with van der Waals surface area (Å²) in [5, 5.41) is 0. The van der Waals surface area contributed by atoms with Crippen LogP contribution in [0.1, 0.15) is 0 Å². The van der Waals surface area contributed by atoms with E-state index in [4.69, 9.17) is 0 Å². The standard InChI is InChI=1S/2C4H4F6/c2*5-1-2(6)4(9,10)3(7)8/h2*2-3H,1H2. The lowest BCUT2D eigenvalue weighted by molar-refractivity contribution is -0.173. The van der Waals surface area contributed by atoms with E-state index in [-0.39, 0.29) is 0 Å². The highest BCUT2D eigenvalue weighted by molar-refractivity contribution is 4.79. The summed E-state index contributed by atoms with van der Waals surface area (Å²) in [5.74, 6) is -9.73. The van der Waals surface area contributed by atoms with Crippen molar-refractivity contribution in [3.05, 3.63) is 0 Å². The molecule has 0 rings (SSSR count). The van der Waals surface area contributed by atoms with Crippen molar-refractivity contribution in [2.75, 3.05) is 13.3 Å². The van der Waals surface area contributed by atoms with E-state index >= 15 is 0 Å². The Balaban J connectivity index is 0. The van der Waals surface area contributed by atoms with Crippen molar-refractivity contribution in [2.24, 2.45) is 0 Å².